The van der Waals surface area contributed by atoms with E-state index in [1.807, 2.05) is 30.3 Å². The molecule has 2 fully saturated rings. The summed E-state index contributed by atoms with van der Waals surface area (Å²) in [7, 11) is 0. The summed E-state index contributed by atoms with van der Waals surface area (Å²) in [4.78, 5) is 14.4. The molecular weight excluding hydrogens is 252 g/mol. The molecule has 2 unspecified atom stereocenters. The first-order valence-corrected chi connectivity index (χ1v) is 7.48. The smallest absolute Gasteiger partial charge is 0.249 e. The third-order valence-electron chi connectivity index (χ3n) is 4.28. The van der Waals surface area contributed by atoms with Crippen molar-refractivity contribution in [3.8, 4) is 0 Å². The first-order chi connectivity index (χ1) is 9.84. The first kappa shape index (κ1) is 13.6. The van der Waals surface area contributed by atoms with Crippen LogP contribution in [0, 0.1) is 0 Å². The molecule has 1 aromatic carbocycles. The lowest BCUT2D eigenvalue weighted by molar-refractivity contribution is -0.139. The summed E-state index contributed by atoms with van der Waals surface area (Å²) < 4.78 is 5.59. The van der Waals surface area contributed by atoms with Crippen LogP contribution in [-0.4, -0.2) is 42.6 Å². The third kappa shape index (κ3) is 3.02. The van der Waals surface area contributed by atoms with Gasteiger partial charge in [0, 0.05) is 18.6 Å². The molecule has 2 aliphatic rings. The molecule has 1 amide bonds. The molecule has 108 valence electrons. The van der Waals surface area contributed by atoms with Crippen molar-refractivity contribution >= 4 is 5.91 Å². The number of nitrogens with one attached hydrogen (secondary N) is 1. The molecule has 0 aromatic heterocycles. The van der Waals surface area contributed by atoms with Crippen molar-refractivity contribution in [3.63, 3.8) is 0 Å². The van der Waals surface area contributed by atoms with Gasteiger partial charge in [-0.15, -0.1) is 0 Å². The molecule has 0 saturated carbocycles. The Bertz CT molecular complexity index is 435. The Morgan fingerprint density at radius 3 is 2.85 bits per heavy atom. The van der Waals surface area contributed by atoms with Crippen LogP contribution in [0.2, 0.25) is 0 Å². The zero-order valence-electron chi connectivity index (χ0n) is 11.8. The van der Waals surface area contributed by atoms with Gasteiger partial charge in [-0.3, -0.25) is 4.79 Å². The molecule has 2 saturated heterocycles. The van der Waals surface area contributed by atoms with Gasteiger partial charge in [0.15, 0.2) is 0 Å². The van der Waals surface area contributed by atoms with Gasteiger partial charge >= 0.3 is 0 Å². The number of carbonyl (C=O) groups excluding carboxylic acids is 1. The fraction of sp³-hybridized carbons (Fsp3) is 0.562. The Labute approximate surface area is 120 Å². The standard InChI is InChI=1S/C16H22N2O2/c19-16(12-20-11-13-4-2-1-3-5-13)18-14-6-7-15(18)10-17-9-8-14/h1-5,14-15,17H,6-12H2. The quantitative estimate of drug-likeness (QED) is 0.906. The molecule has 20 heavy (non-hydrogen) atoms. The SMILES string of the molecule is O=C(COCc1ccccc1)N1C2CCNCC1CC2. The van der Waals surface area contributed by atoms with Gasteiger partial charge in [-0.2, -0.15) is 0 Å². The number of amides is 1. The van der Waals surface area contributed by atoms with Crippen molar-refractivity contribution in [2.45, 2.75) is 38.0 Å². The first-order valence-electron chi connectivity index (χ1n) is 7.48. The molecule has 0 radical (unpaired) electrons. The Morgan fingerprint density at radius 2 is 2.00 bits per heavy atom. The van der Waals surface area contributed by atoms with E-state index in [9.17, 15) is 4.79 Å². The van der Waals surface area contributed by atoms with Crippen LogP contribution in [0.1, 0.15) is 24.8 Å². The molecular formula is C16H22N2O2. The minimum Gasteiger partial charge on any atom is -0.367 e. The van der Waals surface area contributed by atoms with Gasteiger partial charge in [0.2, 0.25) is 5.91 Å². The lowest BCUT2D eigenvalue weighted by Gasteiger charge is -2.27. The van der Waals surface area contributed by atoms with Crippen LogP contribution in [0.4, 0.5) is 0 Å². The molecule has 2 atom stereocenters. The van der Waals surface area contributed by atoms with E-state index in [1.54, 1.807) is 0 Å². The highest BCUT2D eigenvalue weighted by Gasteiger charge is 2.37. The van der Waals surface area contributed by atoms with E-state index in [0.29, 0.717) is 18.7 Å². The number of nitrogens with zero attached hydrogens (tertiary/aromatic N) is 1. The van der Waals surface area contributed by atoms with Gasteiger partial charge in [0.1, 0.15) is 6.61 Å². The van der Waals surface area contributed by atoms with Gasteiger partial charge in [-0.25, -0.2) is 0 Å². The Morgan fingerprint density at radius 1 is 1.20 bits per heavy atom. The number of hydrogen-bond donors (Lipinski definition) is 1. The van der Waals surface area contributed by atoms with E-state index in [1.165, 1.54) is 0 Å². The molecule has 1 N–H and O–H groups in total. The number of fused-ring (bicyclic) bond motifs is 2. The van der Waals surface area contributed by atoms with Crippen LogP contribution in [0.5, 0.6) is 0 Å². The maximum atomic E-state index is 12.4. The largest absolute Gasteiger partial charge is 0.367 e. The van der Waals surface area contributed by atoms with Crippen LogP contribution in [0.3, 0.4) is 0 Å². The molecule has 0 spiro atoms. The number of benzene rings is 1. The van der Waals surface area contributed by atoms with Gasteiger partial charge in [0.25, 0.3) is 0 Å². The summed E-state index contributed by atoms with van der Waals surface area (Å²) in [6.07, 6.45) is 3.35. The van der Waals surface area contributed by atoms with E-state index in [-0.39, 0.29) is 12.5 Å². The molecule has 4 heteroatoms. The predicted molar refractivity (Wildman–Crippen MR) is 77.2 cm³/mol. The molecule has 1 aromatic rings. The highest BCUT2D eigenvalue weighted by atomic mass is 16.5. The average molecular weight is 274 g/mol. The fourth-order valence-electron chi connectivity index (χ4n) is 3.29. The topological polar surface area (TPSA) is 41.6 Å². The zero-order chi connectivity index (χ0) is 13.8. The highest BCUT2D eigenvalue weighted by molar-refractivity contribution is 5.78. The average Bonchev–Trinajstić information content (AvgIpc) is 2.73. The Balaban J connectivity index is 1.51. The van der Waals surface area contributed by atoms with Crippen LogP contribution in [-0.2, 0) is 16.1 Å². The number of hydrogen-bond acceptors (Lipinski definition) is 3. The summed E-state index contributed by atoms with van der Waals surface area (Å²) >= 11 is 0. The second-order valence-corrected chi connectivity index (χ2v) is 5.66. The third-order valence-corrected chi connectivity index (χ3v) is 4.28. The van der Waals surface area contributed by atoms with Gasteiger partial charge in [-0.1, -0.05) is 30.3 Å². The van der Waals surface area contributed by atoms with Crippen LogP contribution < -0.4 is 5.32 Å². The molecule has 2 heterocycles. The normalized spacial score (nSPS) is 25.5. The summed E-state index contributed by atoms with van der Waals surface area (Å²) in [5.41, 5.74) is 1.11. The molecule has 2 aliphatic heterocycles. The van der Waals surface area contributed by atoms with Crippen LogP contribution in [0.25, 0.3) is 0 Å². The lowest BCUT2D eigenvalue weighted by Crippen LogP contribution is -2.44. The second-order valence-electron chi connectivity index (χ2n) is 5.66. The van der Waals surface area contributed by atoms with Crippen molar-refractivity contribution in [2.24, 2.45) is 0 Å². The van der Waals surface area contributed by atoms with Crippen molar-refractivity contribution in [2.75, 3.05) is 19.7 Å². The van der Waals surface area contributed by atoms with E-state index in [4.69, 9.17) is 4.74 Å². The van der Waals surface area contributed by atoms with Crippen molar-refractivity contribution in [1.82, 2.24) is 10.2 Å². The summed E-state index contributed by atoms with van der Waals surface area (Å²) in [6.45, 7) is 2.66. The number of ether oxygens (including phenoxy) is 1. The number of carbonyl (C=O) groups is 1. The molecule has 3 rings (SSSR count). The minimum absolute atomic E-state index is 0.150. The number of rotatable bonds is 4. The minimum atomic E-state index is 0.150. The summed E-state index contributed by atoms with van der Waals surface area (Å²) in [5, 5.41) is 3.41. The Kier molecular flexibility index (Phi) is 4.33. The fourth-order valence-corrected chi connectivity index (χ4v) is 3.29. The summed E-state index contributed by atoms with van der Waals surface area (Å²) in [6, 6.07) is 10.8. The van der Waals surface area contributed by atoms with E-state index < -0.39 is 0 Å². The molecule has 2 bridgehead atoms. The van der Waals surface area contributed by atoms with Gasteiger partial charge < -0.3 is 15.0 Å². The van der Waals surface area contributed by atoms with Gasteiger partial charge in [-0.05, 0) is 31.4 Å². The monoisotopic (exact) mass is 274 g/mol. The molecule has 4 nitrogen and oxygen atoms in total. The van der Waals surface area contributed by atoms with E-state index in [2.05, 4.69) is 10.2 Å². The van der Waals surface area contributed by atoms with Gasteiger partial charge in [0.05, 0.1) is 6.61 Å². The van der Waals surface area contributed by atoms with Crippen LogP contribution >= 0.6 is 0 Å². The van der Waals surface area contributed by atoms with Crippen LogP contribution in [0.15, 0.2) is 30.3 Å². The maximum absolute atomic E-state index is 12.4. The predicted octanol–water partition coefficient (Wildman–Crippen LogP) is 1.56. The summed E-state index contributed by atoms with van der Waals surface area (Å²) in [5.74, 6) is 0.150. The van der Waals surface area contributed by atoms with Crippen molar-refractivity contribution < 1.29 is 9.53 Å². The van der Waals surface area contributed by atoms with Crippen molar-refractivity contribution in [3.05, 3.63) is 35.9 Å². The Hall–Kier alpha value is -1.39. The van der Waals surface area contributed by atoms with E-state index >= 15 is 0 Å². The van der Waals surface area contributed by atoms with E-state index in [0.717, 1.165) is 37.9 Å². The van der Waals surface area contributed by atoms with Crippen molar-refractivity contribution in [1.29, 1.82) is 0 Å². The maximum Gasteiger partial charge on any atom is 0.249 e. The lowest BCUT2D eigenvalue weighted by atomic mass is 10.1. The highest BCUT2D eigenvalue weighted by Crippen LogP contribution is 2.27. The second kappa shape index (κ2) is 6.37. The zero-order valence-corrected chi connectivity index (χ0v) is 11.8. The molecule has 0 aliphatic carbocycles.